The van der Waals surface area contributed by atoms with E-state index in [-0.39, 0.29) is 5.91 Å². The van der Waals surface area contributed by atoms with E-state index >= 15 is 0 Å². The average molecular weight is 366 g/mol. The highest BCUT2D eigenvalue weighted by Gasteiger charge is 2.06. The SMILES string of the molecule is COCc1ccc(C(=O)NCCc2ccc(-c3csc(C)n3)cc2)cc1. The molecule has 0 aliphatic rings. The highest BCUT2D eigenvalue weighted by atomic mass is 32.1. The minimum atomic E-state index is -0.0523. The number of nitrogens with one attached hydrogen (secondary N) is 1. The first-order valence-corrected chi connectivity index (χ1v) is 9.41. The zero-order valence-corrected chi connectivity index (χ0v) is 15.8. The molecule has 1 amide bonds. The fourth-order valence-electron chi connectivity index (χ4n) is 2.68. The number of nitrogens with zero attached hydrogens (tertiary/aromatic N) is 1. The molecule has 3 aromatic rings. The van der Waals surface area contributed by atoms with E-state index in [4.69, 9.17) is 4.74 Å². The van der Waals surface area contributed by atoms with Gasteiger partial charge in [0.1, 0.15) is 0 Å². The molecule has 26 heavy (non-hydrogen) atoms. The molecule has 0 unspecified atom stereocenters. The summed E-state index contributed by atoms with van der Waals surface area (Å²) in [7, 11) is 1.66. The summed E-state index contributed by atoms with van der Waals surface area (Å²) in [5, 5.41) is 6.11. The van der Waals surface area contributed by atoms with E-state index in [1.54, 1.807) is 18.4 Å². The normalized spacial score (nSPS) is 10.7. The van der Waals surface area contributed by atoms with Crippen LogP contribution in [0, 0.1) is 6.92 Å². The van der Waals surface area contributed by atoms with Crippen LogP contribution in [-0.2, 0) is 17.8 Å². The number of aryl methyl sites for hydroxylation is 1. The topological polar surface area (TPSA) is 51.2 Å². The number of carbonyl (C=O) groups is 1. The highest BCUT2D eigenvalue weighted by molar-refractivity contribution is 7.09. The van der Waals surface area contributed by atoms with Gasteiger partial charge < -0.3 is 10.1 Å². The number of aromatic nitrogens is 1. The van der Waals surface area contributed by atoms with E-state index in [1.165, 1.54) is 5.56 Å². The van der Waals surface area contributed by atoms with Gasteiger partial charge in [0.2, 0.25) is 0 Å². The van der Waals surface area contributed by atoms with E-state index in [1.807, 2.05) is 31.2 Å². The molecule has 5 heteroatoms. The second kappa shape index (κ2) is 8.74. The van der Waals surface area contributed by atoms with Gasteiger partial charge in [-0.1, -0.05) is 36.4 Å². The molecule has 1 aromatic heterocycles. The van der Waals surface area contributed by atoms with Gasteiger partial charge in [0.05, 0.1) is 17.3 Å². The van der Waals surface area contributed by atoms with Crippen molar-refractivity contribution in [2.45, 2.75) is 20.0 Å². The first-order valence-electron chi connectivity index (χ1n) is 8.53. The summed E-state index contributed by atoms with van der Waals surface area (Å²) >= 11 is 1.66. The fourth-order valence-corrected chi connectivity index (χ4v) is 3.30. The van der Waals surface area contributed by atoms with Crippen LogP contribution in [0.1, 0.15) is 26.5 Å². The molecular formula is C21H22N2O2S. The second-order valence-electron chi connectivity index (χ2n) is 6.08. The zero-order chi connectivity index (χ0) is 18.4. The van der Waals surface area contributed by atoms with Crippen LogP contribution in [0.25, 0.3) is 11.3 Å². The number of carbonyl (C=O) groups excluding carboxylic acids is 1. The number of ether oxygens (including phenoxy) is 1. The molecule has 0 bridgehead atoms. The largest absolute Gasteiger partial charge is 0.380 e. The summed E-state index contributed by atoms with van der Waals surface area (Å²) in [6, 6.07) is 15.8. The number of rotatable bonds is 7. The lowest BCUT2D eigenvalue weighted by Gasteiger charge is -2.07. The Balaban J connectivity index is 1.50. The number of hydrogen-bond donors (Lipinski definition) is 1. The van der Waals surface area contributed by atoms with Crippen molar-refractivity contribution in [1.29, 1.82) is 0 Å². The molecule has 0 aliphatic carbocycles. The minimum absolute atomic E-state index is 0.0523. The van der Waals surface area contributed by atoms with Gasteiger partial charge in [0, 0.05) is 30.2 Å². The van der Waals surface area contributed by atoms with Crippen molar-refractivity contribution in [1.82, 2.24) is 10.3 Å². The number of methoxy groups -OCH3 is 1. The van der Waals surface area contributed by atoms with E-state index in [2.05, 4.69) is 39.9 Å². The number of hydrogen-bond acceptors (Lipinski definition) is 4. The summed E-state index contributed by atoms with van der Waals surface area (Å²) < 4.78 is 5.08. The van der Waals surface area contributed by atoms with Crippen molar-refractivity contribution < 1.29 is 9.53 Å². The lowest BCUT2D eigenvalue weighted by Crippen LogP contribution is -2.25. The molecular weight excluding hydrogens is 344 g/mol. The van der Waals surface area contributed by atoms with Crippen LogP contribution < -0.4 is 5.32 Å². The Morgan fingerprint density at radius 3 is 2.38 bits per heavy atom. The number of thiazole rings is 1. The Bertz CT molecular complexity index is 854. The van der Waals surface area contributed by atoms with Crippen LogP contribution in [0.15, 0.2) is 53.9 Å². The monoisotopic (exact) mass is 366 g/mol. The molecule has 4 nitrogen and oxygen atoms in total. The van der Waals surface area contributed by atoms with Gasteiger partial charge in [0.15, 0.2) is 0 Å². The predicted molar refractivity (Wildman–Crippen MR) is 105 cm³/mol. The maximum Gasteiger partial charge on any atom is 0.251 e. The van der Waals surface area contributed by atoms with Crippen LogP contribution in [0.5, 0.6) is 0 Å². The van der Waals surface area contributed by atoms with Crippen LogP contribution in [0.2, 0.25) is 0 Å². The van der Waals surface area contributed by atoms with Crippen LogP contribution in [0.4, 0.5) is 0 Å². The minimum Gasteiger partial charge on any atom is -0.380 e. The maximum absolute atomic E-state index is 12.2. The van der Waals surface area contributed by atoms with Gasteiger partial charge in [-0.3, -0.25) is 4.79 Å². The third-order valence-corrected chi connectivity index (χ3v) is 4.87. The molecule has 3 rings (SSSR count). The number of amides is 1. The Morgan fingerprint density at radius 1 is 1.08 bits per heavy atom. The Morgan fingerprint density at radius 2 is 1.77 bits per heavy atom. The lowest BCUT2D eigenvalue weighted by molar-refractivity contribution is 0.0954. The molecule has 0 saturated heterocycles. The Labute approximate surface area is 157 Å². The molecule has 1 N–H and O–H groups in total. The molecule has 0 atom stereocenters. The predicted octanol–water partition coefficient (Wildman–Crippen LogP) is 4.24. The maximum atomic E-state index is 12.2. The second-order valence-corrected chi connectivity index (χ2v) is 7.15. The van der Waals surface area contributed by atoms with Gasteiger partial charge in [0.25, 0.3) is 5.91 Å². The summed E-state index contributed by atoms with van der Waals surface area (Å²) in [6.07, 6.45) is 0.796. The molecule has 0 radical (unpaired) electrons. The summed E-state index contributed by atoms with van der Waals surface area (Å²) in [6.45, 7) is 3.17. The Hall–Kier alpha value is -2.50. The van der Waals surface area contributed by atoms with E-state index in [0.717, 1.165) is 28.2 Å². The third-order valence-electron chi connectivity index (χ3n) is 4.10. The molecule has 134 valence electrons. The molecule has 0 spiro atoms. The average Bonchev–Trinajstić information content (AvgIpc) is 3.09. The summed E-state index contributed by atoms with van der Waals surface area (Å²) in [5.74, 6) is -0.0523. The Kier molecular flexibility index (Phi) is 6.15. The van der Waals surface area contributed by atoms with E-state index in [0.29, 0.717) is 18.7 Å². The lowest BCUT2D eigenvalue weighted by atomic mass is 10.1. The zero-order valence-electron chi connectivity index (χ0n) is 15.0. The van der Waals surface area contributed by atoms with Crippen molar-refractivity contribution in [3.63, 3.8) is 0 Å². The number of benzene rings is 2. The standard InChI is InChI=1S/C21H22N2O2S/c1-15-23-20(14-26-15)18-7-3-16(4-8-18)11-12-22-21(24)19-9-5-17(6-10-19)13-25-2/h3-10,14H,11-13H2,1-2H3,(H,22,24). The summed E-state index contributed by atoms with van der Waals surface area (Å²) in [4.78, 5) is 16.7. The van der Waals surface area contributed by atoms with Gasteiger partial charge in [-0.25, -0.2) is 4.98 Å². The van der Waals surface area contributed by atoms with Crippen LogP contribution in [0.3, 0.4) is 0 Å². The molecule has 2 aromatic carbocycles. The molecule has 0 saturated carbocycles. The first kappa shape index (κ1) is 18.3. The van der Waals surface area contributed by atoms with Crippen molar-refractivity contribution in [3.8, 4) is 11.3 Å². The molecule has 0 fully saturated rings. The van der Waals surface area contributed by atoms with Crippen molar-refractivity contribution in [2.24, 2.45) is 0 Å². The highest BCUT2D eigenvalue weighted by Crippen LogP contribution is 2.21. The molecule has 1 heterocycles. The van der Waals surface area contributed by atoms with Gasteiger partial charge in [-0.2, -0.15) is 0 Å². The van der Waals surface area contributed by atoms with Crippen molar-refractivity contribution in [2.75, 3.05) is 13.7 Å². The smallest absolute Gasteiger partial charge is 0.251 e. The van der Waals surface area contributed by atoms with Crippen molar-refractivity contribution >= 4 is 17.2 Å². The van der Waals surface area contributed by atoms with Gasteiger partial charge in [-0.15, -0.1) is 11.3 Å². The van der Waals surface area contributed by atoms with Gasteiger partial charge in [-0.05, 0) is 36.6 Å². The van der Waals surface area contributed by atoms with Crippen LogP contribution >= 0.6 is 11.3 Å². The quantitative estimate of drug-likeness (QED) is 0.680. The fraction of sp³-hybridized carbons (Fsp3) is 0.238. The van der Waals surface area contributed by atoms with Crippen LogP contribution in [-0.4, -0.2) is 24.5 Å². The van der Waals surface area contributed by atoms with Crippen molar-refractivity contribution in [3.05, 3.63) is 75.6 Å². The van der Waals surface area contributed by atoms with E-state index < -0.39 is 0 Å². The van der Waals surface area contributed by atoms with Gasteiger partial charge >= 0.3 is 0 Å². The first-order chi connectivity index (χ1) is 12.7. The molecule has 0 aliphatic heterocycles. The summed E-state index contributed by atoms with van der Waals surface area (Å²) in [5.41, 5.74) is 5.05. The van der Waals surface area contributed by atoms with E-state index in [9.17, 15) is 4.79 Å². The third kappa shape index (κ3) is 4.77.